The number of benzene rings is 2. The maximum atomic E-state index is 13.7. The lowest BCUT2D eigenvalue weighted by molar-refractivity contribution is -0.384. The molecule has 1 aliphatic rings. The predicted molar refractivity (Wildman–Crippen MR) is 108 cm³/mol. The molecule has 11 heteroatoms. The highest BCUT2D eigenvalue weighted by molar-refractivity contribution is 6.38. The standard InChI is InChI=1S/C21H11F2N5O4/c1-10-17-18-14(9-24-19(17)27(25-10)13-7-11(22)6-12(23)8-13)20(29)26(21(18)30)15-4-2-3-5-16(15)28(31)32/h2-9H,1H3. The first-order chi connectivity index (χ1) is 15.3. The molecule has 0 spiro atoms. The van der Waals surface area contributed by atoms with E-state index in [4.69, 9.17) is 0 Å². The summed E-state index contributed by atoms with van der Waals surface area (Å²) in [6.45, 7) is 1.56. The molecule has 32 heavy (non-hydrogen) atoms. The number of nitro benzene ring substituents is 1. The average Bonchev–Trinajstić information content (AvgIpc) is 3.21. The Morgan fingerprint density at radius 1 is 1.03 bits per heavy atom. The van der Waals surface area contributed by atoms with Gasteiger partial charge in [0.05, 0.1) is 32.8 Å². The van der Waals surface area contributed by atoms with Gasteiger partial charge in [0, 0.05) is 18.3 Å². The first-order valence-electron chi connectivity index (χ1n) is 9.25. The number of aryl methyl sites for hydroxylation is 1. The van der Waals surface area contributed by atoms with E-state index in [0.29, 0.717) is 11.8 Å². The molecule has 0 saturated heterocycles. The summed E-state index contributed by atoms with van der Waals surface area (Å²) in [5.41, 5.74) is -0.216. The fourth-order valence-electron chi connectivity index (χ4n) is 3.83. The number of nitro groups is 1. The van der Waals surface area contributed by atoms with Gasteiger partial charge in [-0.3, -0.25) is 19.7 Å². The zero-order valence-corrected chi connectivity index (χ0v) is 16.2. The molecule has 2 aromatic carbocycles. The van der Waals surface area contributed by atoms with Crippen LogP contribution >= 0.6 is 0 Å². The Morgan fingerprint density at radius 3 is 2.41 bits per heavy atom. The van der Waals surface area contributed by atoms with Gasteiger partial charge in [0.2, 0.25) is 0 Å². The molecule has 0 saturated carbocycles. The molecule has 5 rings (SSSR count). The van der Waals surface area contributed by atoms with Crippen molar-refractivity contribution in [2.24, 2.45) is 0 Å². The maximum absolute atomic E-state index is 13.7. The molecule has 3 heterocycles. The number of anilines is 1. The van der Waals surface area contributed by atoms with Gasteiger partial charge in [0.1, 0.15) is 17.3 Å². The van der Waals surface area contributed by atoms with Gasteiger partial charge in [0.15, 0.2) is 5.65 Å². The van der Waals surface area contributed by atoms with Gasteiger partial charge in [0.25, 0.3) is 17.5 Å². The monoisotopic (exact) mass is 435 g/mol. The number of nitrogens with zero attached hydrogens (tertiary/aromatic N) is 5. The van der Waals surface area contributed by atoms with Gasteiger partial charge >= 0.3 is 0 Å². The topological polar surface area (TPSA) is 111 Å². The largest absolute Gasteiger partial charge is 0.293 e. The Labute approximate surface area is 177 Å². The minimum absolute atomic E-state index is 0.0289. The first-order valence-corrected chi connectivity index (χ1v) is 9.25. The van der Waals surface area contributed by atoms with Crippen molar-refractivity contribution in [2.75, 3.05) is 4.90 Å². The van der Waals surface area contributed by atoms with Crippen molar-refractivity contribution in [3.63, 3.8) is 0 Å². The third-order valence-electron chi connectivity index (χ3n) is 5.13. The third-order valence-corrected chi connectivity index (χ3v) is 5.13. The molecule has 1 aliphatic heterocycles. The number of hydrogen-bond acceptors (Lipinski definition) is 6. The molecule has 0 N–H and O–H groups in total. The van der Waals surface area contributed by atoms with Crippen LogP contribution in [0.4, 0.5) is 20.2 Å². The van der Waals surface area contributed by atoms with Crippen molar-refractivity contribution in [3.05, 3.63) is 87.2 Å². The molecule has 0 bridgehead atoms. The van der Waals surface area contributed by atoms with Crippen LogP contribution in [0.3, 0.4) is 0 Å². The van der Waals surface area contributed by atoms with Crippen LogP contribution in [-0.2, 0) is 0 Å². The molecule has 0 unspecified atom stereocenters. The van der Waals surface area contributed by atoms with Crippen LogP contribution in [0.5, 0.6) is 0 Å². The number of carbonyl (C=O) groups is 2. The zero-order valence-electron chi connectivity index (χ0n) is 16.2. The van der Waals surface area contributed by atoms with Gasteiger partial charge in [-0.2, -0.15) is 5.10 Å². The van der Waals surface area contributed by atoms with E-state index in [-0.39, 0.29) is 33.5 Å². The second-order valence-electron chi connectivity index (χ2n) is 7.06. The summed E-state index contributed by atoms with van der Waals surface area (Å²) < 4.78 is 28.6. The van der Waals surface area contributed by atoms with E-state index in [9.17, 15) is 28.5 Å². The Bertz CT molecular complexity index is 1480. The molecule has 9 nitrogen and oxygen atoms in total. The summed E-state index contributed by atoms with van der Waals surface area (Å²) in [7, 11) is 0. The molecule has 2 aromatic heterocycles. The smallest absolute Gasteiger partial charge is 0.268 e. The number of imide groups is 1. The summed E-state index contributed by atoms with van der Waals surface area (Å²) in [6, 6.07) is 8.20. The lowest BCUT2D eigenvalue weighted by Gasteiger charge is -2.13. The van der Waals surface area contributed by atoms with E-state index < -0.39 is 34.1 Å². The number of pyridine rings is 1. The number of halogens is 2. The second-order valence-corrected chi connectivity index (χ2v) is 7.06. The maximum Gasteiger partial charge on any atom is 0.293 e. The second kappa shape index (κ2) is 6.74. The van der Waals surface area contributed by atoms with Gasteiger partial charge < -0.3 is 0 Å². The van der Waals surface area contributed by atoms with E-state index in [2.05, 4.69) is 10.1 Å². The Hall–Kier alpha value is -4.54. The van der Waals surface area contributed by atoms with Crippen LogP contribution < -0.4 is 4.90 Å². The number of hydrogen-bond donors (Lipinski definition) is 0. The summed E-state index contributed by atoms with van der Waals surface area (Å²) >= 11 is 0. The molecular formula is C21H11F2N5O4. The number of amides is 2. The number of para-hydroxylation sites is 2. The molecule has 0 atom stereocenters. The van der Waals surface area contributed by atoms with Crippen molar-refractivity contribution in [3.8, 4) is 5.69 Å². The van der Waals surface area contributed by atoms with Crippen molar-refractivity contribution in [1.82, 2.24) is 14.8 Å². The van der Waals surface area contributed by atoms with E-state index in [1.165, 1.54) is 28.9 Å². The SMILES string of the molecule is Cc1nn(-c2cc(F)cc(F)c2)c2ncc3c(c12)C(=O)N(c1ccccc1[N+](=O)[O-])C3=O. The molecule has 0 aliphatic carbocycles. The lowest BCUT2D eigenvalue weighted by atomic mass is 10.1. The molecule has 4 aromatic rings. The van der Waals surface area contributed by atoms with Gasteiger partial charge in [-0.15, -0.1) is 0 Å². The fraction of sp³-hybridized carbons (Fsp3) is 0.0476. The van der Waals surface area contributed by atoms with Gasteiger partial charge in [-0.1, -0.05) is 12.1 Å². The van der Waals surface area contributed by atoms with E-state index in [0.717, 1.165) is 23.2 Å². The van der Waals surface area contributed by atoms with Crippen LogP contribution in [0.1, 0.15) is 26.4 Å². The summed E-state index contributed by atoms with van der Waals surface area (Å²) in [6.07, 6.45) is 1.15. The quantitative estimate of drug-likeness (QED) is 0.276. The molecule has 0 radical (unpaired) electrons. The molecular weight excluding hydrogens is 424 g/mol. The number of aromatic nitrogens is 3. The highest BCUT2D eigenvalue weighted by Crippen LogP contribution is 2.37. The number of rotatable bonds is 3. The van der Waals surface area contributed by atoms with Crippen LogP contribution in [0.2, 0.25) is 0 Å². The number of carbonyl (C=O) groups excluding carboxylic acids is 2. The van der Waals surface area contributed by atoms with Crippen molar-refractivity contribution in [1.29, 1.82) is 0 Å². The lowest BCUT2D eigenvalue weighted by Crippen LogP contribution is -2.30. The minimum Gasteiger partial charge on any atom is -0.268 e. The molecule has 158 valence electrons. The van der Waals surface area contributed by atoms with E-state index in [1.807, 2.05) is 0 Å². The summed E-state index contributed by atoms with van der Waals surface area (Å²) in [5, 5.41) is 15.9. The Morgan fingerprint density at radius 2 is 1.72 bits per heavy atom. The van der Waals surface area contributed by atoms with Crippen molar-refractivity contribution >= 4 is 34.2 Å². The van der Waals surface area contributed by atoms with Crippen LogP contribution in [-0.4, -0.2) is 31.5 Å². The van der Waals surface area contributed by atoms with Crippen LogP contribution in [0.25, 0.3) is 16.7 Å². The summed E-state index contributed by atoms with van der Waals surface area (Å²) in [5.74, 6) is -3.19. The Kier molecular flexibility index (Phi) is 4.09. The minimum atomic E-state index is -0.823. The third kappa shape index (κ3) is 2.68. The number of fused-ring (bicyclic) bond motifs is 3. The van der Waals surface area contributed by atoms with Crippen molar-refractivity contribution < 1.29 is 23.3 Å². The Balaban J connectivity index is 1.73. The normalized spacial score (nSPS) is 13.2. The van der Waals surface area contributed by atoms with Gasteiger partial charge in [-0.25, -0.2) is 23.3 Å². The fourth-order valence-corrected chi connectivity index (χ4v) is 3.83. The molecule has 0 fully saturated rings. The van der Waals surface area contributed by atoms with E-state index >= 15 is 0 Å². The van der Waals surface area contributed by atoms with E-state index in [1.54, 1.807) is 6.92 Å². The van der Waals surface area contributed by atoms with Crippen LogP contribution in [0.15, 0.2) is 48.7 Å². The highest BCUT2D eigenvalue weighted by atomic mass is 19.1. The van der Waals surface area contributed by atoms with Crippen LogP contribution in [0, 0.1) is 28.7 Å². The molecule has 2 amide bonds. The first kappa shape index (κ1) is 19.4. The average molecular weight is 435 g/mol. The zero-order chi connectivity index (χ0) is 22.7. The predicted octanol–water partition coefficient (Wildman–Crippen LogP) is 3.72. The highest BCUT2D eigenvalue weighted by Gasteiger charge is 2.42. The summed E-state index contributed by atoms with van der Waals surface area (Å²) in [4.78, 5) is 42.0. The van der Waals surface area contributed by atoms with Crippen molar-refractivity contribution in [2.45, 2.75) is 6.92 Å². The van der Waals surface area contributed by atoms with Gasteiger partial charge in [-0.05, 0) is 25.1 Å².